The lowest BCUT2D eigenvalue weighted by atomic mass is 10.1. The highest BCUT2D eigenvalue weighted by Crippen LogP contribution is 2.28. The average molecular weight is 291 g/mol. The molecule has 0 saturated heterocycles. The summed E-state index contributed by atoms with van der Waals surface area (Å²) in [7, 11) is 0. The van der Waals surface area contributed by atoms with E-state index in [1.165, 1.54) is 11.1 Å². The molecule has 0 bridgehead atoms. The Bertz CT molecular complexity index is 523. The van der Waals surface area contributed by atoms with Gasteiger partial charge in [-0.05, 0) is 52.5 Å². The van der Waals surface area contributed by atoms with Crippen molar-refractivity contribution < 1.29 is 0 Å². The highest BCUT2D eigenvalue weighted by Gasteiger charge is 2.06. The Balaban J connectivity index is 2.39. The van der Waals surface area contributed by atoms with Crippen molar-refractivity contribution in [3.8, 4) is 0 Å². The zero-order chi connectivity index (χ0) is 12.3. The molecule has 1 aromatic heterocycles. The number of hydrogen-bond acceptors (Lipinski definition) is 2. The predicted molar refractivity (Wildman–Crippen MR) is 75.8 cm³/mol. The number of pyridine rings is 1. The first-order valence-electron chi connectivity index (χ1n) is 5.68. The van der Waals surface area contributed by atoms with E-state index in [0.717, 1.165) is 22.4 Å². The van der Waals surface area contributed by atoms with Crippen LogP contribution in [0, 0.1) is 6.92 Å². The number of nitrogens with zero attached hydrogens (tertiary/aromatic N) is 1. The molecule has 0 unspecified atom stereocenters. The highest BCUT2D eigenvalue weighted by atomic mass is 79.9. The van der Waals surface area contributed by atoms with Crippen molar-refractivity contribution in [2.45, 2.75) is 20.3 Å². The van der Waals surface area contributed by atoms with E-state index in [1.54, 1.807) is 6.20 Å². The molecule has 2 nitrogen and oxygen atoms in total. The molecular formula is C14H15BrN2. The summed E-state index contributed by atoms with van der Waals surface area (Å²) in [6.45, 7) is 4.27. The van der Waals surface area contributed by atoms with E-state index in [1.807, 2.05) is 12.1 Å². The maximum Gasteiger partial charge on any atom is 0.144 e. The Hall–Kier alpha value is -1.35. The predicted octanol–water partition coefficient (Wildman–Crippen LogP) is 4.46. The fourth-order valence-corrected chi connectivity index (χ4v) is 2.15. The van der Waals surface area contributed by atoms with Gasteiger partial charge >= 0.3 is 0 Å². The Kier molecular flexibility index (Phi) is 3.79. The molecule has 1 aromatic carbocycles. The number of nitrogens with one attached hydrogen (secondary N) is 1. The van der Waals surface area contributed by atoms with Gasteiger partial charge in [0, 0.05) is 11.9 Å². The van der Waals surface area contributed by atoms with Crippen LogP contribution in [0.2, 0.25) is 0 Å². The molecule has 0 spiro atoms. The average Bonchev–Trinajstić information content (AvgIpc) is 2.34. The minimum Gasteiger partial charge on any atom is -0.339 e. The number of aromatic nitrogens is 1. The van der Waals surface area contributed by atoms with Crippen molar-refractivity contribution in [3.05, 3.63) is 52.1 Å². The topological polar surface area (TPSA) is 24.9 Å². The number of aryl methyl sites for hydroxylation is 2. The standard InChI is InChI=1S/C14H15BrN2/c1-3-11-7-4-6-10(2)13(11)17-14-12(15)8-5-9-16-14/h4-9H,3H2,1-2H3,(H,16,17). The van der Waals surface area contributed by atoms with Gasteiger partial charge in [-0.3, -0.25) is 0 Å². The lowest BCUT2D eigenvalue weighted by Gasteiger charge is -2.14. The van der Waals surface area contributed by atoms with Gasteiger partial charge < -0.3 is 5.32 Å². The van der Waals surface area contributed by atoms with Crippen LogP contribution in [0.4, 0.5) is 11.5 Å². The molecule has 2 rings (SSSR count). The molecule has 3 heteroatoms. The van der Waals surface area contributed by atoms with E-state index in [2.05, 4.69) is 58.3 Å². The molecule has 0 aliphatic heterocycles. The van der Waals surface area contributed by atoms with Gasteiger partial charge in [0.2, 0.25) is 0 Å². The molecule has 0 aliphatic carbocycles. The van der Waals surface area contributed by atoms with Gasteiger partial charge in [0.25, 0.3) is 0 Å². The zero-order valence-electron chi connectivity index (χ0n) is 10.00. The Labute approximate surface area is 110 Å². The van der Waals surface area contributed by atoms with E-state index in [9.17, 15) is 0 Å². The highest BCUT2D eigenvalue weighted by molar-refractivity contribution is 9.10. The summed E-state index contributed by atoms with van der Waals surface area (Å²) in [5.74, 6) is 0.858. The Morgan fingerprint density at radius 2 is 2.06 bits per heavy atom. The van der Waals surface area contributed by atoms with Crippen molar-refractivity contribution in [2.75, 3.05) is 5.32 Å². The lowest BCUT2D eigenvalue weighted by Crippen LogP contribution is -2.00. The van der Waals surface area contributed by atoms with E-state index < -0.39 is 0 Å². The van der Waals surface area contributed by atoms with Crippen molar-refractivity contribution in [3.63, 3.8) is 0 Å². The first-order chi connectivity index (χ1) is 8.22. The van der Waals surface area contributed by atoms with E-state index in [4.69, 9.17) is 0 Å². The quantitative estimate of drug-likeness (QED) is 0.903. The van der Waals surface area contributed by atoms with Crippen LogP contribution in [0.25, 0.3) is 0 Å². The Morgan fingerprint density at radius 3 is 2.76 bits per heavy atom. The second kappa shape index (κ2) is 5.32. The second-order valence-electron chi connectivity index (χ2n) is 3.92. The molecule has 0 saturated carbocycles. The lowest BCUT2D eigenvalue weighted by molar-refractivity contribution is 1.13. The fourth-order valence-electron chi connectivity index (χ4n) is 1.80. The molecule has 1 N–H and O–H groups in total. The number of rotatable bonds is 3. The van der Waals surface area contributed by atoms with Crippen LogP contribution >= 0.6 is 15.9 Å². The first kappa shape index (κ1) is 12.1. The molecule has 2 aromatic rings. The molecule has 17 heavy (non-hydrogen) atoms. The second-order valence-corrected chi connectivity index (χ2v) is 4.78. The third kappa shape index (κ3) is 2.67. The van der Waals surface area contributed by atoms with Crippen LogP contribution in [-0.4, -0.2) is 4.98 Å². The number of halogens is 1. The van der Waals surface area contributed by atoms with Crippen LogP contribution < -0.4 is 5.32 Å². The van der Waals surface area contributed by atoms with Crippen molar-refractivity contribution in [1.29, 1.82) is 0 Å². The van der Waals surface area contributed by atoms with E-state index in [0.29, 0.717) is 0 Å². The summed E-state index contributed by atoms with van der Waals surface area (Å²) >= 11 is 3.50. The molecule has 0 atom stereocenters. The molecule has 0 aliphatic rings. The summed E-state index contributed by atoms with van der Waals surface area (Å²) in [6, 6.07) is 10.2. The van der Waals surface area contributed by atoms with Gasteiger partial charge in [0.05, 0.1) is 4.47 Å². The smallest absolute Gasteiger partial charge is 0.144 e. The van der Waals surface area contributed by atoms with E-state index >= 15 is 0 Å². The summed E-state index contributed by atoms with van der Waals surface area (Å²) in [5.41, 5.74) is 3.71. The van der Waals surface area contributed by atoms with Gasteiger partial charge in [0.15, 0.2) is 0 Å². The summed E-state index contributed by atoms with van der Waals surface area (Å²) < 4.78 is 0.977. The van der Waals surface area contributed by atoms with Gasteiger partial charge in [-0.15, -0.1) is 0 Å². The van der Waals surface area contributed by atoms with Gasteiger partial charge in [-0.2, -0.15) is 0 Å². The number of anilines is 2. The zero-order valence-corrected chi connectivity index (χ0v) is 11.6. The van der Waals surface area contributed by atoms with Gasteiger partial charge in [0.1, 0.15) is 5.82 Å². The first-order valence-corrected chi connectivity index (χ1v) is 6.47. The molecule has 0 fully saturated rings. The Morgan fingerprint density at radius 1 is 1.24 bits per heavy atom. The van der Waals surface area contributed by atoms with Crippen molar-refractivity contribution in [1.82, 2.24) is 4.98 Å². The number of para-hydroxylation sites is 1. The number of hydrogen-bond donors (Lipinski definition) is 1. The maximum atomic E-state index is 4.33. The molecule has 88 valence electrons. The minimum atomic E-state index is 0.858. The SMILES string of the molecule is CCc1cccc(C)c1Nc1ncccc1Br. The maximum absolute atomic E-state index is 4.33. The fraction of sp³-hybridized carbons (Fsp3) is 0.214. The summed E-state index contributed by atoms with van der Waals surface area (Å²) in [5, 5.41) is 3.40. The molecular weight excluding hydrogens is 276 g/mol. The largest absolute Gasteiger partial charge is 0.339 e. The third-order valence-electron chi connectivity index (χ3n) is 2.74. The summed E-state index contributed by atoms with van der Waals surface area (Å²) in [6.07, 6.45) is 2.80. The van der Waals surface area contributed by atoms with Crippen molar-refractivity contribution >= 4 is 27.4 Å². The normalized spacial score (nSPS) is 10.3. The summed E-state index contributed by atoms with van der Waals surface area (Å²) in [4.78, 5) is 4.33. The monoisotopic (exact) mass is 290 g/mol. The van der Waals surface area contributed by atoms with Crippen LogP contribution in [-0.2, 0) is 6.42 Å². The van der Waals surface area contributed by atoms with Crippen LogP contribution in [0.5, 0.6) is 0 Å². The van der Waals surface area contributed by atoms with Gasteiger partial charge in [-0.1, -0.05) is 25.1 Å². The molecule has 0 radical (unpaired) electrons. The molecule has 0 amide bonds. The van der Waals surface area contributed by atoms with Gasteiger partial charge in [-0.25, -0.2) is 4.98 Å². The number of benzene rings is 1. The van der Waals surface area contributed by atoms with Crippen LogP contribution in [0.3, 0.4) is 0 Å². The van der Waals surface area contributed by atoms with Crippen LogP contribution in [0.15, 0.2) is 41.0 Å². The third-order valence-corrected chi connectivity index (χ3v) is 3.38. The minimum absolute atomic E-state index is 0.858. The van der Waals surface area contributed by atoms with E-state index in [-0.39, 0.29) is 0 Å². The van der Waals surface area contributed by atoms with Crippen molar-refractivity contribution in [2.24, 2.45) is 0 Å². The molecule has 1 heterocycles. The van der Waals surface area contributed by atoms with Crippen LogP contribution in [0.1, 0.15) is 18.1 Å².